The van der Waals surface area contributed by atoms with E-state index in [1.165, 1.54) is 0 Å². The van der Waals surface area contributed by atoms with Gasteiger partial charge in [-0.25, -0.2) is 9.97 Å². The summed E-state index contributed by atoms with van der Waals surface area (Å²) in [6, 6.07) is 7.74. The molecule has 1 aliphatic carbocycles. The van der Waals surface area contributed by atoms with E-state index in [9.17, 15) is 4.79 Å². The van der Waals surface area contributed by atoms with Gasteiger partial charge in [0.2, 0.25) is 0 Å². The predicted molar refractivity (Wildman–Crippen MR) is 113 cm³/mol. The van der Waals surface area contributed by atoms with Gasteiger partial charge >= 0.3 is 0 Å². The van der Waals surface area contributed by atoms with Crippen LogP contribution < -0.4 is 19.7 Å². The van der Waals surface area contributed by atoms with Crippen LogP contribution in [0.5, 0.6) is 11.5 Å². The van der Waals surface area contributed by atoms with Crippen LogP contribution in [0.1, 0.15) is 53.5 Å². The van der Waals surface area contributed by atoms with E-state index in [2.05, 4.69) is 15.2 Å². The second-order valence-corrected chi connectivity index (χ2v) is 8.43. The van der Waals surface area contributed by atoms with Gasteiger partial charge < -0.3 is 19.7 Å². The molecular weight excluding hydrogens is 380 g/mol. The van der Waals surface area contributed by atoms with Gasteiger partial charge in [-0.05, 0) is 62.3 Å². The monoisotopic (exact) mass is 408 g/mol. The Hall–Kier alpha value is -2.83. The van der Waals surface area contributed by atoms with Crippen molar-refractivity contribution in [1.29, 1.82) is 0 Å². The molecule has 1 aromatic heterocycles. The van der Waals surface area contributed by atoms with E-state index in [0.29, 0.717) is 24.1 Å². The maximum atomic E-state index is 12.4. The van der Waals surface area contributed by atoms with Crippen LogP contribution >= 0.6 is 0 Å². The van der Waals surface area contributed by atoms with Crippen molar-refractivity contribution in [3.63, 3.8) is 0 Å². The van der Waals surface area contributed by atoms with E-state index in [1.807, 2.05) is 24.3 Å². The third-order valence-corrected chi connectivity index (χ3v) is 6.28. The number of carbonyl (C=O) groups excluding carboxylic acids is 1. The van der Waals surface area contributed by atoms with E-state index in [1.54, 1.807) is 7.11 Å². The molecule has 1 amide bonds. The smallest absolute Gasteiger partial charge is 0.270 e. The van der Waals surface area contributed by atoms with Gasteiger partial charge in [-0.1, -0.05) is 0 Å². The standard InChI is InChI=1S/C23H28N4O3/c1-29-17-4-6-18(7-5-17)30-14-15-9-12-27(13-10-15)22-19-8-11-24-23(28)20(19)25-21(26-22)16-2-3-16/h4-7,15-16H,2-3,8-14H2,1H3,(H,24,28). The summed E-state index contributed by atoms with van der Waals surface area (Å²) in [7, 11) is 1.67. The Balaban J connectivity index is 1.24. The summed E-state index contributed by atoms with van der Waals surface area (Å²) in [6.07, 6.45) is 5.18. The summed E-state index contributed by atoms with van der Waals surface area (Å²) >= 11 is 0. The normalized spacial score (nSPS) is 19.2. The molecule has 30 heavy (non-hydrogen) atoms. The van der Waals surface area contributed by atoms with Crippen molar-refractivity contribution in [3.8, 4) is 11.5 Å². The number of methoxy groups -OCH3 is 1. The second-order valence-electron chi connectivity index (χ2n) is 8.43. The minimum Gasteiger partial charge on any atom is -0.497 e. The molecule has 2 aliphatic heterocycles. The van der Waals surface area contributed by atoms with E-state index < -0.39 is 0 Å². The van der Waals surface area contributed by atoms with E-state index in [-0.39, 0.29) is 5.91 Å². The first-order valence-corrected chi connectivity index (χ1v) is 10.9. The van der Waals surface area contributed by atoms with Crippen LogP contribution in [0.2, 0.25) is 0 Å². The number of amides is 1. The van der Waals surface area contributed by atoms with Gasteiger partial charge in [-0.3, -0.25) is 4.79 Å². The Bertz CT molecular complexity index is 919. The number of fused-ring (bicyclic) bond motifs is 1. The lowest BCUT2D eigenvalue weighted by molar-refractivity contribution is 0.0940. The fraction of sp³-hybridized carbons (Fsp3) is 0.522. The number of hydrogen-bond acceptors (Lipinski definition) is 6. The van der Waals surface area contributed by atoms with Crippen molar-refractivity contribution in [2.24, 2.45) is 5.92 Å². The first-order valence-electron chi connectivity index (χ1n) is 10.9. The zero-order valence-corrected chi connectivity index (χ0v) is 17.4. The average molecular weight is 409 g/mol. The maximum Gasteiger partial charge on any atom is 0.270 e. The number of anilines is 1. The first kappa shape index (κ1) is 19.2. The highest BCUT2D eigenvalue weighted by atomic mass is 16.5. The topological polar surface area (TPSA) is 76.6 Å². The van der Waals surface area contributed by atoms with Gasteiger partial charge in [0.05, 0.1) is 13.7 Å². The Morgan fingerprint density at radius 1 is 1.07 bits per heavy atom. The molecule has 3 aliphatic rings. The van der Waals surface area contributed by atoms with E-state index >= 15 is 0 Å². The number of piperidine rings is 1. The maximum absolute atomic E-state index is 12.4. The Labute approximate surface area is 176 Å². The molecule has 1 saturated carbocycles. The zero-order valence-electron chi connectivity index (χ0n) is 17.4. The molecule has 7 nitrogen and oxygen atoms in total. The number of hydrogen-bond donors (Lipinski definition) is 1. The van der Waals surface area contributed by atoms with Crippen molar-refractivity contribution in [2.45, 2.75) is 38.0 Å². The van der Waals surface area contributed by atoms with Crippen molar-refractivity contribution in [1.82, 2.24) is 15.3 Å². The number of nitrogens with zero attached hydrogens (tertiary/aromatic N) is 3. The minimum atomic E-state index is -0.0513. The molecule has 7 heteroatoms. The molecule has 0 radical (unpaired) electrons. The lowest BCUT2D eigenvalue weighted by atomic mass is 9.96. The fourth-order valence-electron chi connectivity index (χ4n) is 4.27. The van der Waals surface area contributed by atoms with Crippen LogP contribution in [0, 0.1) is 5.92 Å². The molecule has 0 bridgehead atoms. The lowest BCUT2D eigenvalue weighted by Crippen LogP contribution is -2.40. The molecule has 0 spiro atoms. The number of ether oxygens (including phenoxy) is 2. The highest BCUT2D eigenvalue weighted by Crippen LogP contribution is 2.40. The predicted octanol–water partition coefficient (Wildman–Crippen LogP) is 2.94. The van der Waals surface area contributed by atoms with Crippen LogP contribution in [-0.4, -0.2) is 49.2 Å². The van der Waals surface area contributed by atoms with Gasteiger partial charge in [0, 0.05) is 31.1 Å². The number of aromatic nitrogens is 2. The fourth-order valence-corrected chi connectivity index (χ4v) is 4.27. The Kier molecular flexibility index (Phi) is 5.19. The third kappa shape index (κ3) is 3.93. The Morgan fingerprint density at radius 3 is 2.50 bits per heavy atom. The summed E-state index contributed by atoms with van der Waals surface area (Å²) in [6.45, 7) is 3.26. The molecule has 2 aromatic rings. The minimum absolute atomic E-state index is 0.0513. The summed E-state index contributed by atoms with van der Waals surface area (Å²) in [4.78, 5) is 24.3. The van der Waals surface area contributed by atoms with Crippen LogP contribution in [0.25, 0.3) is 0 Å². The Morgan fingerprint density at radius 2 is 1.80 bits per heavy atom. The molecule has 2 fully saturated rings. The van der Waals surface area contributed by atoms with Crippen LogP contribution in [-0.2, 0) is 6.42 Å². The molecule has 0 atom stereocenters. The molecule has 0 unspecified atom stereocenters. The quantitative estimate of drug-likeness (QED) is 0.792. The summed E-state index contributed by atoms with van der Waals surface area (Å²) in [5.74, 6) is 4.46. The van der Waals surface area contributed by atoms with Gasteiger partial charge in [0.15, 0.2) is 0 Å². The molecule has 1 aromatic carbocycles. The summed E-state index contributed by atoms with van der Waals surface area (Å²) in [5, 5.41) is 2.93. The zero-order chi connectivity index (χ0) is 20.5. The van der Waals surface area contributed by atoms with Gasteiger partial charge in [0.25, 0.3) is 5.91 Å². The van der Waals surface area contributed by atoms with Crippen molar-refractivity contribution in [3.05, 3.63) is 41.3 Å². The van der Waals surface area contributed by atoms with Gasteiger partial charge in [0.1, 0.15) is 28.8 Å². The van der Waals surface area contributed by atoms with Gasteiger partial charge in [-0.2, -0.15) is 0 Å². The summed E-state index contributed by atoms with van der Waals surface area (Å²) in [5.41, 5.74) is 1.62. The largest absolute Gasteiger partial charge is 0.497 e. The second kappa shape index (κ2) is 8.13. The van der Waals surface area contributed by atoms with Crippen LogP contribution in [0.3, 0.4) is 0 Å². The lowest BCUT2D eigenvalue weighted by Gasteiger charge is -2.35. The molecule has 1 saturated heterocycles. The number of carbonyl (C=O) groups is 1. The van der Waals surface area contributed by atoms with E-state index in [4.69, 9.17) is 14.5 Å². The summed E-state index contributed by atoms with van der Waals surface area (Å²) < 4.78 is 11.2. The van der Waals surface area contributed by atoms with Crippen molar-refractivity contribution in [2.75, 3.05) is 38.3 Å². The van der Waals surface area contributed by atoms with Crippen LogP contribution in [0.4, 0.5) is 5.82 Å². The highest BCUT2D eigenvalue weighted by Gasteiger charge is 2.33. The number of rotatable bonds is 6. The number of benzene rings is 1. The third-order valence-electron chi connectivity index (χ3n) is 6.28. The van der Waals surface area contributed by atoms with Gasteiger partial charge in [-0.15, -0.1) is 0 Å². The molecule has 158 valence electrons. The molecule has 5 rings (SSSR count). The highest BCUT2D eigenvalue weighted by molar-refractivity contribution is 5.96. The van der Waals surface area contributed by atoms with Crippen LogP contribution in [0.15, 0.2) is 24.3 Å². The van der Waals surface area contributed by atoms with Crippen molar-refractivity contribution < 1.29 is 14.3 Å². The SMILES string of the molecule is COc1ccc(OCC2CCN(c3nc(C4CC4)nc4c3CCNC4=O)CC2)cc1. The number of nitrogens with one attached hydrogen (secondary N) is 1. The van der Waals surface area contributed by atoms with E-state index in [0.717, 1.165) is 80.5 Å². The van der Waals surface area contributed by atoms with Crippen molar-refractivity contribution >= 4 is 11.7 Å². The average Bonchev–Trinajstić information content (AvgIpc) is 3.64. The first-order chi connectivity index (χ1) is 14.7. The molecular formula is C23H28N4O3. The molecule has 1 N–H and O–H groups in total. The molecule has 3 heterocycles.